The first-order valence-corrected chi connectivity index (χ1v) is 6.34. The van der Waals surface area contributed by atoms with E-state index in [4.69, 9.17) is 0 Å². The molecule has 1 aromatic rings. The lowest BCUT2D eigenvalue weighted by Gasteiger charge is -2.33. The molecule has 1 N–H and O–H groups in total. The summed E-state index contributed by atoms with van der Waals surface area (Å²) in [5, 5.41) is 3.69. The zero-order valence-electron chi connectivity index (χ0n) is 9.95. The normalized spacial score (nSPS) is 26.9. The number of hydrogen-bond acceptors (Lipinski definition) is 2. The number of likely N-dealkylation sites (tertiary alicyclic amines) is 1. The average Bonchev–Trinajstić information content (AvgIpc) is 2.74. The van der Waals surface area contributed by atoms with Gasteiger partial charge in [0.15, 0.2) is 0 Å². The van der Waals surface area contributed by atoms with Gasteiger partial charge in [0.2, 0.25) is 0 Å². The van der Waals surface area contributed by atoms with Crippen LogP contribution in [0, 0.1) is 5.92 Å². The van der Waals surface area contributed by atoms with Gasteiger partial charge in [0.25, 0.3) is 0 Å². The van der Waals surface area contributed by atoms with E-state index in [-0.39, 0.29) is 0 Å². The lowest BCUT2D eigenvalue weighted by atomic mass is 9.86. The fourth-order valence-electron chi connectivity index (χ4n) is 3.11. The van der Waals surface area contributed by atoms with Gasteiger partial charge >= 0.3 is 0 Å². The molecular weight excluding hydrogens is 196 g/mol. The number of piperidine rings is 1. The summed E-state index contributed by atoms with van der Waals surface area (Å²) in [5.74, 6) is 0.833. The molecule has 0 spiro atoms. The summed E-state index contributed by atoms with van der Waals surface area (Å²) < 4.78 is 0. The summed E-state index contributed by atoms with van der Waals surface area (Å²) in [4.78, 5) is 2.44. The average molecular weight is 216 g/mol. The fraction of sp³-hybridized carbons (Fsp3) is 0.571. The Kier molecular flexibility index (Phi) is 2.70. The van der Waals surface area contributed by atoms with Gasteiger partial charge in [-0.3, -0.25) is 0 Å². The maximum Gasteiger partial charge on any atom is 0.0355 e. The van der Waals surface area contributed by atoms with Gasteiger partial charge in [-0.15, -0.1) is 0 Å². The van der Waals surface area contributed by atoms with E-state index in [0.717, 1.165) is 12.5 Å². The van der Waals surface area contributed by atoms with Gasteiger partial charge in [-0.05, 0) is 50.0 Å². The Hall–Kier alpha value is -0.860. The third-order valence-electron chi connectivity index (χ3n) is 4.14. The minimum atomic E-state index is 0.616. The smallest absolute Gasteiger partial charge is 0.0355 e. The first-order valence-electron chi connectivity index (χ1n) is 6.34. The summed E-state index contributed by atoms with van der Waals surface area (Å²) in [7, 11) is 2.23. The van der Waals surface area contributed by atoms with Crippen LogP contribution in [0.4, 0.5) is 0 Å². The van der Waals surface area contributed by atoms with Crippen LogP contribution in [0.3, 0.4) is 0 Å². The van der Waals surface area contributed by atoms with Crippen LogP contribution in [0.1, 0.15) is 30.0 Å². The minimum Gasteiger partial charge on any atom is -0.306 e. The molecular formula is C14H20N2. The van der Waals surface area contributed by atoms with E-state index in [2.05, 4.69) is 41.5 Å². The molecule has 1 unspecified atom stereocenters. The highest BCUT2D eigenvalue weighted by Gasteiger charge is 2.30. The molecule has 0 amide bonds. The maximum atomic E-state index is 3.69. The fourth-order valence-corrected chi connectivity index (χ4v) is 3.11. The molecule has 0 saturated carbocycles. The summed E-state index contributed by atoms with van der Waals surface area (Å²) in [6.45, 7) is 3.57. The molecule has 2 heterocycles. The molecule has 3 rings (SSSR count). The predicted molar refractivity (Wildman–Crippen MR) is 66.2 cm³/mol. The van der Waals surface area contributed by atoms with Crippen molar-refractivity contribution in [1.82, 2.24) is 10.2 Å². The summed E-state index contributed by atoms with van der Waals surface area (Å²) >= 11 is 0. The van der Waals surface area contributed by atoms with Gasteiger partial charge in [0.05, 0.1) is 0 Å². The van der Waals surface area contributed by atoms with Crippen LogP contribution in [-0.4, -0.2) is 25.0 Å². The standard InChI is InChI=1S/C14H20N2/c1-16-8-6-11(7-9-16)14-13-5-3-2-4-12(13)10-15-14/h2-5,11,14-15H,6-10H2,1H3. The highest BCUT2D eigenvalue weighted by molar-refractivity contribution is 5.34. The quantitative estimate of drug-likeness (QED) is 0.774. The molecule has 1 fully saturated rings. The Balaban J connectivity index is 1.77. The third-order valence-corrected chi connectivity index (χ3v) is 4.14. The van der Waals surface area contributed by atoms with Gasteiger partial charge in [0.1, 0.15) is 0 Å². The maximum absolute atomic E-state index is 3.69. The second-order valence-electron chi connectivity index (χ2n) is 5.20. The second kappa shape index (κ2) is 4.19. The Labute approximate surface area is 97.6 Å². The monoisotopic (exact) mass is 216 g/mol. The van der Waals surface area contributed by atoms with E-state index in [1.54, 1.807) is 5.56 Å². The SMILES string of the molecule is CN1CCC(C2NCc3ccccc32)CC1. The number of nitrogens with one attached hydrogen (secondary N) is 1. The van der Waals surface area contributed by atoms with Crippen molar-refractivity contribution in [3.8, 4) is 0 Å². The molecule has 1 saturated heterocycles. The Bertz CT molecular complexity index is 367. The lowest BCUT2D eigenvalue weighted by Crippen LogP contribution is -2.35. The third kappa shape index (κ3) is 1.76. The van der Waals surface area contributed by atoms with Gasteiger partial charge in [0, 0.05) is 12.6 Å². The van der Waals surface area contributed by atoms with Crippen molar-refractivity contribution in [1.29, 1.82) is 0 Å². The lowest BCUT2D eigenvalue weighted by molar-refractivity contribution is 0.189. The number of rotatable bonds is 1. The number of hydrogen-bond donors (Lipinski definition) is 1. The summed E-state index contributed by atoms with van der Waals surface area (Å²) in [6, 6.07) is 9.51. The van der Waals surface area contributed by atoms with Crippen LogP contribution in [0.15, 0.2) is 24.3 Å². The van der Waals surface area contributed by atoms with Crippen LogP contribution >= 0.6 is 0 Å². The van der Waals surface area contributed by atoms with E-state index >= 15 is 0 Å². The zero-order valence-corrected chi connectivity index (χ0v) is 9.95. The van der Waals surface area contributed by atoms with Crippen LogP contribution in [0.25, 0.3) is 0 Å². The Morgan fingerprint density at radius 3 is 2.75 bits per heavy atom. The zero-order chi connectivity index (χ0) is 11.0. The van der Waals surface area contributed by atoms with Gasteiger partial charge < -0.3 is 10.2 Å². The van der Waals surface area contributed by atoms with E-state index in [0.29, 0.717) is 6.04 Å². The van der Waals surface area contributed by atoms with Crippen LogP contribution in [0.2, 0.25) is 0 Å². The molecule has 2 nitrogen and oxygen atoms in total. The number of nitrogens with zero attached hydrogens (tertiary/aromatic N) is 1. The number of fused-ring (bicyclic) bond motifs is 1. The first-order chi connectivity index (χ1) is 7.84. The number of benzene rings is 1. The molecule has 2 aliphatic rings. The van der Waals surface area contributed by atoms with E-state index in [1.807, 2.05) is 0 Å². The molecule has 2 aliphatic heterocycles. The Morgan fingerprint density at radius 2 is 1.94 bits per heavy atom. The summed E-state index contributed by atoms with van der Waals surface area (Å²) in [6.07, 6.45) is 2.67. The minimum absolute atomic E-state index is 0.616. The van der Waals surface area contributed by atoms with Crippen LogP contribution in [-0.2, 0) is 6.54 Å². The molecule has 0 aliphatic carbocycles. The van der Waals surface area contributed by atoms with Crippen molar-refractivity contribution >= 4 is 0 Å². The van der Waals surface area contributed by atoms with E-state index < -0.39 is 0 Å². The van der Waals surface area contributed by atoms with Crippen molar-refractivity contribution < 1.29 is 0 Å². The summed E-state index contributed by atoms with van der Waals surface area (Å²) in [5.41, 5.74) is 3.06. The molecule has 16 heavy (non-hydrogen) atoms. The van der Waals surface area contributed by atoms with Gasteiger partial charge in [-0.2, -0.15) is 0 Å². The molecule has 1 aromatic carbocycles. The molecule has 0 bridgehead atoms. The topological polar surface area (TPSA) is 15.3 Å². The first kappa shape index (κ1) is 10.3. The molecule has 2 heteroatoms. The largest absolute Gasteiger partial charge is 0.306 e. The highest BCUT2D eigenvalue weighted by Crippen LogP contribution is 2.35. The predicted octanol–water partition coefficient (Wildman–Crippen LogP) is 2.17. The van der Waals surface area contributed by atoms with E-state index in [1.165, 1.54) is 31.5 Å². The second-order valence-corrected chi connectivity index (χ2v) is 5.20. The van der Waals surface area contributed by atoms with E-state index in [9.17, 15) is 0 Å². The van der Waals surface area contributed by atoms with Crippen molar-refractivity contribution in [2.75, 3.05) is 20.1 Å². The van der Waals surface area contributed by atoms with Crippen molar-refractivity contribution in [3.63, 3.8) is 0 Å². The van der Waals surface area contributed by atoms with Crippen LogP contribution < -0.4 is 5.32 Å². The van der Waals surface area contributed by atoms with Crippen molar-refractivity contribution in [2.24, 2.45) is 5.92 Å². The molecule has 1 atom stereocenters. The van der Waals surface area contributed by atoms with Gasteiger partial charge in [-0.1, -0.05) is 24.3 Å². The van der Waals surface area contributed by atoms with Crippen LogP contribution in [0.5, 0.6) is 0 Å². The molecule has 0 aromatic heterocycles. The molecule has 86 valence electrons. The van der Waals surface area contributed by atoms with Gasteiger partial charge in [-0.25, -0.2) is 0 Å². The highest BCUT2D eigenvalue weighted by atomic mass is 15.1. The van der Waals surface area contributed by atoms with Crippen molar-refractivity contribution in [3.05, 3.63) is 35.4 Å². The van der Waals surface area contributed by atoms with Crippen molar-refractivity contribution in [2.45, 2.75) is 25.4 Å². The molecule has 0 radical (unpaired) electrons. The Morgan fingerprint density at radius 1 is 1.19 bits per heavy atom.